The molecule has 1 aromatic carbocycles. The summed E-state index contributed by atoms with van der Waals surface area (Å²) in [7, 11) is 0. The van der Waals surface area contributed by atoms with E-state index in [0.717, 1.165) is 12.0 Å². The van der Waals surface area contributed by atoms with Gasteiger partial charge in [-0.15, -0.1) is 0 Å². The van der Waals surface area contributed by atoms with Crippen molar-refractivity contribution in [2.24, 2.45) is 5.73 Å². The lowest BCUT2D eigenvalue weighted by Gasteiger charge is -2.18. The largest absolute Gasteiger partial charge is 0.399 e. The SMILES string of the molecule is CCc1cc(C(O)C(O)CCN)ccc1N. The predicted molar refractivity (Wildman–Crippen MR) is 64.9 cm³/mol. The van der Waals surface area contributed by atoms with E-state index in [2.05, 4.69) is 0 Å². The zero-order valence-electron chi connectivity index (χ0n) is 9.56. The minimum atomic E-state index is -0.894. The van der Waals surface area contributed by atoms with Crippen LogP contribution in [-0.2, 0) is 6.42 Å². The molecule has 0 saturated carbocycles. The van der Waals surface area contributed by atoms with Crippen LogP contribution in [0.15, 0.2) is 18.2 Å². The second-order valence-electron chi connectivity index (χ2n) is 3.90. The number of hydrogen-bond acceptors (Lipinski definition) is 4. The average molecular weight is 224 g/mol. The molecule has 0 aliphatic heterocycles. The Morgan fingerprint density at radius 3 is 2.56 bits per heavy atom. The molecule has 4 heteroatoms. The second kappa shape index (κ2) is 5.84. The fourth-order valence-corrected chi connectivity index (χ4v) is 1.67. The zero-order chi connectivity index (χ0) is 12.1. The summed E-state index contributed by atoms with van der Waals surface area (Å²) in [6.07, 6.45) is -0.528. The van der Waals surface area contributed by atoms with E-state index < -0.39 is 12.2 Å². The van der Waals surface area contributed by atoms with Crippen LogP contribution in [0, 0.1) is 0 Å². The Labute approximate surface area is 95.9 Å². The summed E-state index contributed by atoms with van der Waals surface area (Å²) < 4.78 is 0. The van der Waals surface area contributed by atoms with Crippen molar-refractivity contribution in [1.82, 2.24) is 0 Å². The van der Waals surface area contributed by atoms with E-state index in [0.29, 0.717) is 24.2 Å². The number of hydrogen-bond donors (Lipinski definition) is 4. The van der Waals surface area contributed by atoms with Gasteiger partial charge in [0.1, 0.15) is 6.10 Å². The van der Waals surface area contributed by atoms with Crippen molar-refractivity contribution < 1.29 is 10.2 Å². The maximum absolute atomic E-state index is 9.88. The predicted octanol–water partition coefficient (Wildman–Crippen LogP) is 0.574. The van der Waals surface area contributed by atoms with E-state index in [9.17, 15) is 10.2 Å². The molecule has 0 radical (unpaired) electrons. The lowest BCUT2D eigenvalue weighted by atomic mass is 9.98. The van der Waals surface area contributed by atoms with Gasteiger partial charge in [-0.05, 0) is 36.6 Å². The smallest absolute Gasteiger partial charge is 0.105 e. The molecular weight excluding hydrogens is 204 g/mol. The van der Waals surface area contributed by atoms with E-state index in [1.54, 1.807) is 12.1 Å². The van der Waals surface area contributed by atoms with Gasteiger partial charge >= 0.3 is 0 Å². The molecule has 0 aromatic heterocycles. The molecule has 0 fully saturated rings. The first kappa shape index (κ1) is 13.0. The monoisotopic (exact) mass is 224 g/mol. The van der Waals surface area contributed by atoms with Gasteiger partial charge in [0.05, 0.1) is 6.10 Å². The Hall–Kier alpha value is -1.10. The van der Waals surface area contributed by atoms with Gasteiger partial charge in [0.2, 0.25) is 0 Å². The maximum Gasteiger partial charge on any atom is 0.105 e. The van der Waals surface area contributed by atoms with Crippen LogP contribution in [0.25, 0.3) is 0 Å². The van der Waals surface area contributed by atoms with Gasteiger partial charge in [-0.25, -0.2) is 0 Å². The summed E-state index contributed by atoms with van der Waals surface area (Å²) in [5.74, 6) is 0. The minimum Gasteiger partial charge on any atom is -0.399 e. The van der Waals surface area contributed by atoms with Crippen LogP contribution in [0.5, 0.6) is 0 Å². The third-order valence-corrected chi connectivity index (χ3v) is 2.72. The highest BCUT2D eigenvalue weighted by Crippen LogP contribution is 2.23. The number of aryl methyl sites for hydroxylation is 1. The highest BCUT2D eigenvalue weighted by Gasteiger charge is 2.18. The van der Waals surface area contributed by atoms with E-state index in [1.807, 2.05) is 13.0 Å². The molecule has 1 rings (SSSR count). The van der Waals surface area contributed by atoms with Crippen molar-refractivity contribution in [2.45, 2.75) is 32.0 Å². The van der Waals surface area contributed by atoms with Crippen LogP contribution in [0.4, 0.5) is 5.69 Å². The molecule has 6 N–H and O–H groups in total. The molecule has 0 bridgehead atoms. The van der Waals surface area contributed by atoms with Crippen LogP contribution in [0.2, 0.25) is 0 Å². The van der Waals surface area contributed by atoms with Crippen LogP contribution >= 0.6 is 0 Å². The third kappa shape index (κ3) is 2.95. The molecule has 0 aliphatic carbocycles. The molecule has 1 aromatic rings. The van der Waals surface area contributed by atoms with Crippen molar-refractivity contribution >= 4 is 5.69 Å². The lowest BCUT2D eigenvalue weighted by molar-refractivity contribution is 0.0150. The fraction of sp³-hybridized carbons (Fsp3) is 0.500. The van der Waals surface area contributed by atoms with Gasteiger partial charge in [0.15, 0.2) is 0 Å². The van der Waals surface area contributed by atoms with Gasteiger partial charge in [-0.2, -0.15) is 0 Å². The Balaban J connectivity index is 2.87. The molecule has 0 amide bonds. The van der Waals surface area contributed by atoms with Crippen LogP contribution in [0.3, 0.4) is 0 Å². The van der Waals surface area contributed by atoms with Crippen molar-refractivity contribution in [3.05, 3.63) is 29.3 Å². The number of aliphatic hydroxyl groups is 2. The fourth-order valence-electron chi connectivity index (χ4n) is 1.67. The van der Waals surface area contributed by atoms with Crippen molar-refractivity contribution in [1.29, 1.82) is 0 Å². The topological polar surface area (TPSA) is 92.5 Å². The number of benzene rings is 1. The Kier molecular flexibility index (Phi) is 4.73. The van der Waals surface area contributed by atoms with Crippen molar-refractivity contribution in [3.63, 3.8) is 0 Å². The zero-order valence-corrected chi connectivity index (χ0v) is 9.56. The van der Waals surface area contributed by atoms with E-state index in [4.69, 9.17) is 11.5 Å². The van der Waals surface area contributed by atoms with Gasteiger partial charge in [-0.3, -0.25) is 0 Å². The Morgan fingerprint density at radius 2 is 2.00 bits per heavy atom. The molecule has 16 heavy (non-hydrogen) atoms. The van der Waals surface area contributed by atoms with Crippen molar-refractivity contribution in [2.75, 3.05) is 12.3 Å². The van der Waals surface area contributed by atoms with Crippen LogP contribution < -0.4 is 11.5 Å². The van der Waals surface area contributed by atoms with E-state index in [1.165, 1.54) is 0 Å². The quantitative estimate of drug-likeness (QED) is 0.550. The first-order valence-corrected chi connectivity index (χ1v) is 5.54. The maximum atomic E-state index is 9.88. The standard InChI is InChI=1S/C12H20N2O2/c1-2-8-7-9(3-4-10(8)14)12(16)11(15)5-6-13/h3-4,7,11-12,15-16H,2,5-6,13-14H2,1H3. The van der Waals surface area contributed by atoms with Crippen LogP contribution in [0.1, 0.15) is 30.6 Å². The lowest BCUT2D eigenvalue weighted by Crippen LogP contribution is -2.21. The summed E-state index contributed by atoms with van der Waals surface area (Å²) in [6.45, 7) is 2.35. The molecule has 0 spiro atoms. The van der Waals surface area contributed by atoms with Gasteiger partial charge < -0.3 is 21.7 Å². The number of rotatable bonds is 5. The normalized spacial score (nSPS) is 14.8. The number of aliphatic hydroxyl groups excluding tert-OH is 2. The summed E-state index contributed by atoms with van der Waals surface area (Å²) in [4.78, 5) is 0. The number of nitrogen functional groups attached to an aromatic ring is 1. The summed E-state index contributed by atoms with van der Waals surface area (Å²) in [6, 6.07) is 5.32. The molecule has 0 aliphatic rings. The van der Waals surface area contributed by atoms with Gasteiger partial charge in [-0.1, -0.05) is 19.1 Å². The van der Waals surface area contributed by atoms with E-state index in [-0.39, 0.29) is 0 Å². The Bertz CT molecular complexity index is 342. The molecule has 2 atom stereocenters. The molecule has 0 heterocycles. The Morgan fingerprint density at radius 1 is 1.31 bits per heavy atom. The van der Waals surface area contributed by atoms with E-state index >= 15 is 0 Å². The summed E-state index contributed by atoms with van der Waals surface area (Å²) in [5, 5.41) is 19.5. The number of nitrogens with two attached hydrogens (primary N) is 2. The highest BCUT2D eigenvalue weighted by molar-refractivity contribution is 5.49. The molecule has 4 nitrogen and oxygen atoms in total. The molecular formula is C12H20N2O2. The number of anilines is 1. The van der Waals surface area contributed by atoms with Gasteiger partial charge in [0.25, 0.3) is 0 Å². The molecule has 2 unspecified atom stereocenters. The first-order valence-electron chi connectivity index (χ1n) is 5.54. The second-order valence-corrected chi connectivity index (χ2v) is 3.90. The third-order valence-electron chi connectivity index (χ3n) is 2.72. The highest BCUT2D eigenvalue weighted by atomic mass is 16.3. The summed E-state index contributed by atoms with van der Waals surface area (Å²) >= 11 is 0. The molecule has 90 valence electrons. The van der Waals surface area contributed by atoms with Gasteiger partial charge in [0, 0.05) is 5.69 Å². The average Bonchev–Trinajstić information content (AvgIpc) is 2.29. The molecule has 0 saturated heterocycles. The van der Waals surface area contributed by atoms with Crippen molar-refractivity contribution in [3.8, 4) is 0 Å². The summed E-state index contributed by atoms with van der Waals surface area (Å²) in [5.41, 5.74) is 13.5. The van der Waals surface area contributed by atoms with Crippen LogP contribution in [-0.4, -0.2) is 22.9 Å². The minimum absolute atomic E-state index is 0.355. The first-order chi connectivity index (χ1) is 7.60.